The van der Waals surface area contributed by atoms with Gasteiger partial charge in [-0.15, -0.1) is 0 Å². The molecule has 1 aromatic heterocycles. The minimum absolute atomic E-state index is 0.124. The fraction of sp³-hybridized carbons (Fsp3) is 0.0870. The molecule has 246 valence electrons. The number of ether oxygens (including phenoxy) is 1. The van der Waals surface area contributed by atoms with E-state index in [-0.39, 0.29) is 5.41 Å². The lowest BCUT2D eigenvalue weighted by atomic mass is 9.82. The second-order valence-electron chi connectivity index (χ2n) is 13.7. The first-order chi connectivity index (χ1) is 24.9. The van der Waals surface area contributed by atoms with Crippen LogP contribution in [-0.2, 0) is 5.41 Å². The number of hydrogen-bond donors (Lipinski definition) is 2. The van der Waals surface area contributed by atoms with E-state index in [4.69, 9.17) is 15.1 Å². The Hall–Kier alpha value is -6.46. The van der Waals surface area contributed by atoms with E-state index in [1.54, 1.807) is 0 Å². The van der Waals surface area contributed by atoms with Crippen LogP contribution in [-0.4, -0.2) is 16.1 Å². The summed E-state index contributed by atoms with van der Waals surface area (Å²) in [5.74, 6) is 2.41. The number of aromatic nitrogens is 1. The molecule has 9 rings (SSSR count). The lowest BCUT2D eigenvalue weighted by molar-refractivity contribution is 0.483. The molecule has 6 aromatic carbocycles. The van der Waals surface area contributed by atoms with E-state index in [2.05, 4.69) is 91.3 Å². The van der Waals surface area contributed by atoms with Gasteiger partial charge in [0.15, 0.2) is 5.75 Å². The van der Waals surface area contributed by atoms with Crippen molar-refractivity contribution in [2.24, 2.45) is 4.99 Å². The number of rotatable bonds is 6. The molecule has 1 aliphatic heterocycles. The molecule has 0 atom stereocenters. The molecule has 5 nitrogen and oxygen atoms in total. The monoisotopic (exact) mass is 660 g/mol. The maximum atomic E-state index is 8.80. The Morgan fingerprint density at radius 3 is 2.16 bits per heavy atom. The van der Waals surface area contributed by atoms with Gasteiger partial charge in [0.2, 0.25) is 0 Å². The Morgan fingerprint density at radius 2 is 1.39 bits per heavy atom. The molecule has 0 bridgehead atoms. The number of amidine groups is 1. The SMILES string of the molecule is Cc1c(Oc2ccccc2)c2cc3c(cc2n1-c1ccc(C2=Nc4ccccc4/C(=C/C(=N)c4ccccc4)N2)cc1)-c1ccccc1C3(C)C. The average Bonchev–Trinajstić information content (AvgIpc) is 3.56. The van der Waals surface area contributed by atoms with Gasteiger partial charge in [-0.3, -0.25) is 0 Å². The molecular formula is C46H36N4O. The summed E-state index contributed by atoms with van der Waals surface area (Å²) in [5, 5.41) is 13.4. The molecule has 0 saturated carbocycles. The van der Waals surface area contributed by atoms with Gasteiger partial charge < -0.3 is 20.0 Å². The number of fused-ring (bicyclic) bond motifs is 5. The van der Waals surface area contributed by atoms with Crippen molar-refractivity contribution >= 4 is 33.8 Å². The van der Waals surface area contributed by atoms with Crippen molar-refractivity contribution in [2.45, 2.75) is 26.2 Å². The third-order valence-corrected chi connectivity index (χ3v) is 10.3. The maximum Gasteiger partial charge on any atom is 0.156 e. The number of nitrogens with zero attached hydrogens (tertiary/aromatic N) is 2. The van der Waals surface area contributed by atoms with Crippen LogP contribution in [0.3, 0.4) is 0 Å². The number of nitrogens with one attached hydrogen (secondary N) is 2. The largest absolute Gasteiger partial charge is 0.455 e. The lowest BCUT2D eigenvalue weighted by Gasteiger charge is -2.22. The highest BCUT2D eigenvalue weighted by Gasteiger charge is 2.36. The van der Waals surface area contributed by atoms with Crippen molar-refractivity contribution < 1.29 is 4.74 Å². The summed E-state index contributed by atoms with van der Waals surface area (Å²) < 4.78 is 8.99. The molecule has 2 aliphatic rings. The van der Waals surface area contributed by atoms with Crippen LogP contribution in [0.15, 0.2) is 157 Å². The highest BCUT2D eigenvalue weighted by molar-refractivity contribution is 6.15. The Bertz CT molecular complexity index is 2560. The first-order valence-corrected chi connectivity index (χ1v) is 17.3. The van der Waals surface area contributed by atoms with Crippen molar-refractivity contribution in [3.8, 4) is 28.3 Å². The summed E-state index contributed by atoms with van der Waals surface area (Å²) in [5.41, 5.74) is 13.2. The van der Waals surface area contributed by atoms with Crippen LogP contribution in [0.25, 0.3) is 33.4 Å². The van der Waals surface area contributed by atoms with Crippen LogP contribution >= 0.6 is 0 Å². The predicted octanol–water partition coefficient (Wildman–Crippen LogP) is 11.1. The highest BCUT2D eigenvalue weighted by Crippen LogP contribution is 2.52. The summed E-state index contributed by atoms with van der Waals surface area (Å²) in [6, 6.07) is 49.9. The lowest BCUT2D eigenvalue weighted by Crippen LogP contribution is -2.26. The van der Waals surface area contributed by atoms with Crippen molar-refractivity contribution in [3.63, 3.8) is 0 Å². The summed E-state index contributed by atoms with van der Waals surface area (Å²) in [4.78, 5) is 5.01. The van der Waals surface area contributed by atoms with Crippen molar-refractivity contribution in [3.05, 3.63) is 185 Å². The van der Waals surface area contributed by atoms with Crippen LogP contribution < -0.4 is 10.1 Å². The first-order valence-electron chi connectivity index (χ1n) is 17.3. The molecule has 0 spiro atoms. The second-order valence-corrected chi connectivity index (χ2v) is 13.7. The van der Waals surface area contributed by atoms with Crippen LogP contribution in [0.4, 0.5) is 5.69 Å². The Morgan fingerprint density at radius 1 is 0.725 bits per heavy atom. The van der Waals surface area contributed by atoms with Gasteiger partial charge in [0, 0.05) is 27.6 Å². The highest BCUT2D eigenvalue weighted by atomic mass is 16.5. The van der Waals surface area contributed by atoms with Gasteiger partial charge in [-0.1, -0.05) is 105 Å². The second kappa shape index (κ2) is 11.9. The molecule has 7 aromatic rings. The third kappa shape index (κ3) is 5.09. The summed E-state index contributed by atoms with van der Waals surface area (Å²) in [6.07, 6.45) is 1.89. The van der Waals surface area contributed by atoms with Crippen LogP contribution in [0.5, 0.6) is 11.5 Å². The zero-order valence-electron chi connectivity index (χ0n) is 28.7. The van der Waals surface area contributed by atoms with Gasteiger partial charge in [-0.25, -0.2) is 4.99 Å². The average molecular weight is 661 g/mol. The fourth-order valence-corrected chi connectivity index (χ4v) is 7.65. The molecule has 0 amide bonds. The topological polar surface area (TPSA) is 62.4 Å². The zero-order valence-corrected chi connectivity index (χ0v) is 28.7. The van der Waals surface area contributed by atoms with Gasteiger partial charge in [0.05, 0.1) is 28.3 Å². The van der Waals surface area contributed by atoms with Gasteiger partial charge in [-0.05, 0) is 95.4 Å². The molecule has 0 unspecified atom stereocenters. The zero-order chi connectivity index (χ0) is 34.7. The Labute approximate surface area is 297 Å². The quantitative estimate of drug-likeness (QED) is 0.174. The van der Waals surface area contributed by atoms with Gasteiger partial charge in [-0.2, -0.15) is 0 Å². The van der Waals surface area contributed by atoms with Crippen molar-refractivity contribution in [1.82, 2.24) is 9.88 Å². The standard InChI is InChI=1S/C46H36N4O/c1-29-44(51-33-16-8-5-9-17-33)37-26-39-36(34-18-10-12-20-38(34)46(39,2)3)27-43(37)50(29)32-24-22-31(23-25-32)45-48-41-21-13-11-19-35(41)42(49-45)28-40(47)30-14-6-4-7-15-30/h4-28,47H,1-3H3,(H,48,49)/b42-28-,47-40?. The summed E-state index contributed by atoms with van der Waals surface area (Å²) in [6.45, 7) is 6.77. The van der Waals surface area contributed by atoms with Crippen LogP contribution in [0.2, 0.25) is 0 Å². The fourth-order valence-electron chi connectivity index (χ4n) is 7.65. The van der Waals surface area contributed by atoms with Crippen molar-refractivity contribution in [2.75, 3.05) is 0 Å². The van der Waals surface area contributed by atoms with Crippen LogP contribution in [0.1, 0.15) is 47.4 Å². The van der Waals surface area contributed by atoms with Crippen LogP contribution in [0, 0.1) is 12.3 Å². The van der Waals surface area contributed by atoms with E-state index < -0.39 is 0 Å². The molecule has 2 N–H and O–H groups in total. The smallest absolute Gasteiger partial charge is 0.156 e. The normalized spacial score (nSPS) is 14.7. The molecule has 2 heterocycles. The third-order valence-electron chi connectivity index (χ3n) is 10.3. The number of aliphatic imine (C=N–C) groups is 1. The van der Waals surface area contributed by atoms with Gasteiger partial charge in [0.1, 0.15) is 11.6 Å². The number of benzene rings is 6. The van der Waals surface area contributed by atoms with E-state index in [9.17, 15) is 0 Å². The van der Waals surface area contributed by atoms with E-state index in [1.165, 1.54) is 22.3 Å². The van der Waals surface area contributed by atoms with Gasteiger partial charge >= 0.3 is 0 Å². The van der Waals surface area contributed by atoms with E-state index in [0.717, 1.165) is 67.7 Å². The molecule has 51 heavy (non-hydrogen) atoms. The van der Waals surface area contributed by atoms with Gasteiger partial charge in [0.25, 0.3) is 0 Å². The minimum Gasteiger partial charge on any atom is -0.455 e. The summed E-state index contributed by atoms with van der Waals surface area (Å²) >= 11 is 0. The Balaban J connectivity index is 1.14. The predicted molar refractivity (Wildman–Crippen MR) is 209 cm³/mol. The molecule has 0 radical (unpaired) electrons. The molecule has 5 heteroatoms. The minimum atomic E-state index is -0.124. The molecule has 1 aliphatic carbocycles. The van der Waals surface area contributed by atoms with E-state index in [1.807, 2.05) is 91.0 Å². The van der Waals surface area contributed by atoms with E-state index in [0.29, 0.717) is 5.71 Å². The first kappa shape index (κ1) is 30.6. The molecule has 0 saturated heterocycles. The Kier molecular flexibility index (Phi) is 7.11. The molecular weight excluding hydrogens is 625 g/mol. The van der Waals surface area contributed by atoms with E-state index >= 15 is 0 Å². The number of para-hydroxylation sites is 2. The summed E-state index contributed by atoms with van der Waals surface area (Å²) in [7, 11) is 0. The molecule has 0 fully saturated rings. The number of hydrogen-bond acceptors (Lipinski definition) is 4. The van der Waals surface area contributed by atoms with Crippen molar-refractivity contribution in [1.29, 1.82) is 5.41 Å². The maximum absolute atomic E-state index is 8.80. The number of allylic oxidation sites excluding steroid dienone is 1.